The molecule has 0 aliphatic carbocycles. The van der Waals surface area contributed by atoms with E-state index in [2.05, 4.69) is 51.9 Å². The highest BCUT2D eigenvalue weighted by Gasteiger charge is 2.17. The van der Waals surface area contributed by atoms with E-state index in [1.807, 2.05) is 41.8 Å². The molecule has 0 aliphatic rings. The normalized spacial score (nSPS) is 11.8. The number of hydrogen-bond acceptors (Lipinski definition) is 4. The Bertz CT molecular complexity index is 1060. The summed E-state index contributed by atoms with van der Waals surface area (Å²) in [4.78, 5) is 17.7. The number of benzene rings is 2. The van der Waals surface area contributed by atoms with Crippen molar-refractivity contribution >= 4 is 17.4 Å². The minimum absolute atomic E-state index is 0.171. The summed E-state index contributed by atoms with van der Waals surface area (Å²) >= 11 is 1.64. The molecule has 2 amide bonds. The van der Waals surface area contributed by atoms with Crippen molar-refractivity contribution in [3.63, 3.8) is 0 Å². The molecule has 7 heteroatoms. The average Bonchev–Trinajstić information content (AvgIpc) is 3.47. The summed E-state index contributed by atoms with van der Waals surface area (Å²) in [6.45, 7) is 3.19. The van der Waals surface area contributed by atoms with Crippen LogP contribution >= 0.6 is 11.3 Å². The quantitative estimate of drug-likeness (QED) is 0.471. The average molecular weight is 418 g/mol. The molecule has 1 atom stereocenters. The highest BCUT2D eigenvalue weighted by molar-refractivity contribution is 7.10. The summed E-state index contributed by atoms with van der Waals surface area (Å²) in [5.74, 6) is 0. The smallest absolute Gasteiger partial charge is 0.315 e. The zero-order valence-corrected chi connectivity index (χ0v) is 17.5. The molecular formula is C23H23N5OS. The maximum Gasteiger partial charge on any atom is 0.315 e. The lowest BCUT2D eigenvalue weighted by atomic mass is 10.0. The zero-order chi connectivity index (χ0) is 20.8. The van der Waals surface area contributed by atoms with Gasteiger partial charge >= 0.3 is 6.03 Å². The Hall–Kier alpha value is -3.45. The number of aryl methyl sites for hydroxylation is 1. The van der Waals surface area contributed by atoms with Crippen LogP contribution in [0.4, 0.5) is 4.79 Å². The van der Waals surface area contributed by atoms with Crippen molar-refractivity contribution in [3.05, 3.63) is 106 Å². The van der Waals surface area contributed by atoms with Gasteiger partial charge in [0.2, 0.25) is 0 Å². The van der Waals surface area contributed by atoms with Crippen molar-refractivity contribution in [3.8, 4) is 0 Å². The van der Waals surface area contributed by atoms with Gasteiger partial charge in [-0.25, -0.2) is 14.5 Å². The second kappa shape index (κ2) is 9.37. The number of carbonyl (C=O) groups excluding carboxylic acids is 1. The lowest BCUT2D eigenvalue weighted by Crippen LogP contribution is -2.37. The minimum Gasteiger partial charge on any atom is -0.334 e. The lowest BCUT2D eigenvalue weighted by Gasteiger charge is -2.19. The van der Waals surface area contributed by atoms with E-state index >= 15 is 0 Å². The van der Waals surface area contributed by atoms with Crippen molar-refractivity contribution in [2.24, 2.45) is 0 Å². The molecule has 0 radical (unpaired) electrons. The van der Waals surface area contributed by atoms with E-state index in [4.69, 9.17) is 0 Å². The topological polar surface area (TPSA) is 71.8 Å². The first-order valence-electron chi connectivity index (χ1n) is 9.72. The van der Waals surface area contributed by atoms with Gasteiger partial charge in [0.25, 0.3) is 0 Å². The van der Waals surface area contributed by atoms with Crippen molar-refractivity contribution in [2.45, 2.75) is 26.1 Å². The second-order valence-electron chi connectivity index (χ2n) is 7.10. The lowest BCUT2D eigenvalue weighted by molar-refractivity contribution is 0.238. The summed E-state index contributed by atoms with van der Waals surface area (Å²) < 4.78 is 1.77. The van der Waals surface area contributed by atoms with Gasteiger partial charge in [-0.3, -0.25) is 0 Å². The molecule has 2 aromatic heterocycles. The molecule has 6 nitrogen and oxygen atoms in total. The van der Waals surface area contributed by atoms with Crippen LogP contribution in [0.3, 0.4) is 0 Å². The fourth-order valence-electron chi connectivity index (χ4n) is 3.16. The number of aromatic nitrogens is 3. The Morgan fingerprint density at radius 3 is 2.50 bits per heavy atom. The zero-order valence-electron chi connectivity index (χ0n) is 16.7. The molecule has 2 aromatic carbocycles. The van der Waals surface area contributed by atoms with Crippen molar-refractivity contribution in [2.75, 3.05) is 0 Å². The molecule has 4 aromatic rings. The monoisotopic (exact) mass is 417 g/mol. The fraction of sp³-hybridized carbons (Fsp3) is 0.174. The summed E-state index contributed by atoms with van der Waals surface area (Å²) in [6, 6.07) is 20.1. The largest absolute Gasteiger partial charge is 0.334 e. The predicted octanol–water partition coefficient (Wildman–Crippen LogP) is 4.29. The first-order chi connectivity index (χ1) is 14.7. The summed E-state index contributed by atoms with van der Waals surface area (Å²) in [5, 5.41) is 12.2. The molecule has 0 fully saturated rings. The molecule has 2 heterocycles. The molecule has 30 heavy (non-hydrogen) atoms. The van der Waals surface area contributed by atoms with E-state index in [0.717, 1.165) is 21.6 Å². The minimum atomic E-state index is -0.194. The van der Waals surface area contributed by atoms with Crippen LogP contribution in [0.1, 0.15) is 33.2 Å². The highest BCUT2D eigenvalue weighted by atomic mass is 32.1. The first-order valence-corrected chi connectivity index (χ1v) is 10.6. The van der Waals surface area contributed by atoms with Gasteiger partial charge in [0.1, 0.15) is 12.7 Å². The SMILES string of the molecule is Cc1ccc(C(NC(=O)NCc2ccc(Cn3cncn3)cc2)c2cccs2)cc1. The number of carbonyl (C=O) groups is 1. The molecule has 2 N–H and O–H groups in total. The number of hydrogen-bond donors (Lipinski definition) is 2. The summed E-state index contributed by atoms with van der Waals surface area (Å²) in [6.07, 6.45) is 3.22. The Morgan fingerprint density at radius 1 is 1.07 bits per heavy atom. The molecule has 0 aliphatic heterocycles. The van der Waals surface area contributed by atoms with Gasteiger partial charge in [0.05, 0.1) is 12.6 Å². The van der Waals surface area contributed by atoms with E-state index in [1.165, 1.54) is 11.9 Å². The molecule has 0 saturated carbocycles. The summed E-state index contributed by atoms with van der Waals surface area (Å²) in [7, 11) is 0. The number of urea groups is 1. The van der Waals surface area contributed by atoms with Gasteiger partial charge in [-0.1, -0.05) is 60.2 Å². The van der Waals surface area contributed by atoms with Gasteiger partial charge in [0.15, 0.2) is 0 Å². The first kappa shape index (κ1) is 19.8. The third-order valence-electron chi connectivity index (χ3n) is 4.80. The number of thiophene rings is 1. The molecule has 4 rings (SSSR count). The van der Waals surface area contributed by atoms with Gasteiger partial charge in [-0.2, -0.15) is 5.10 Å². The predicted molar refractivity (Wildman–Crippen MR) is 118 cm³/mol. The second-order valence-corrected chi connectivity index (χ2v) is 8.07. The van der Waals surface area contributed by atoms with Gasteiger partial charge in [-0.15, -0.1) is 11.3 Å². The fourth-order valence-corrected chi connectivity index (χ4v) is 3.96. The number of nitrogens with zero attached hydrogens (tertiary/aromatic N) is 3. The molecule has 152 valence electrons. The molecular weight excluding hydrogens is 394 g/mol. The van der Waals surface area contributed by atoms with Crippen LogP contribution in [0.15, 0.2) is 78.7 Å². The molecule has 0 bridgehead atoms. The number of rotatable bonds is 7. The van der Waals surface area contributed by atoms with Crippen LogP contribution in [0.2, 0.25) is 0 Å². The van der Waals surface area contributed by atoms with Crippen LogP contribution in [0.5, 0.6) is 0 Å². The van der Waals surface area contributed by atoms with Crippen molar-refractivity contribution < 1.29 is 4.79 Å². The van der Waals surface area contributed by atoms with Gasteiger partial charge < -0.3 is 10.6 Å². The van der Waals surface area contributed by atoms with Gasteiger partial charge in [-0.05, 0) is 35.1 Å². The molecule has 1 unspecified atom stereocenters. The van der Waals surface area contributed by atoms with Crippen LogP contribution in [-0.2, 0) is 13.1 Å². The van der Waals surface area contributed by atoms with E-state index in [1.54, 1.807) is 22.3 Å². The third-order valence-corrected chi connectivity index (χ3v) is 5.74. The van der Waals surface area contributed by atoms with E-state index < -0.39 is 0 Å². The molecule has 0 spiro atoms. The Labute approximate surface area is 179 Å². The van der Waals surface area contributed by atoms with E-state index in [0.29, 0.717) is 13.1 Å². The van der Waals surface area contributed by atoms with Crippen molar-refractivity contribution in [1.29, 1.82) is 0 Å². The maximum absolute atomic E-state index is 12.6. The summed E-state index contributed by atoms with van der Waals surface area (Å²) in [5.41, 5.74) is 4.43. The van der Waals surface area contributed by atoms with Crippen LogP contribution < -0.4 is 10.6 Å². The highest BCUT2D eigenvalue weighted by Crippen LogP contribution is 2.26. The number of amides is 2. The van der Waals surface area contributed by atoms with Crippen molar-refractivity contribution in [1.82, 2.24) is 25.4 Å². The molecule has 0 saturated heterocycles. The Morgan fingerprint density at radius 2 is 1.83 bits per heavy atom. The van der Waals surface area contributed by atoms with E-state index in [9.17, 15) is 4.79 Å². The van der Waals surface area contributed by atoms with Crippen LogP contribution in [-0.4, -0.2) is 20.8 Å². The van der Waals surface area contributed by atoms with E-state index in [-0.39, 0.29) is 12.1 Å². The third kappa shape index (κ3) is 5.12. The van der Waals surface area contributed by atoms with Crippen LogP contribution in [0, 0.1) is 6.92 Å². The van der Waals surface area contributed by atoms with Crippen LogP contribution in [0.25, 0.3) is 0 Å². The Kier molecular flexibility index (Phi) is 6.20. The Balaban J connectivity index is 1.36. The maximum atomic E-state index is 12.6. The van der Waals surface area contributed by atoms with Gasteiger partial charge in [0, 0.05) is 11.4 Å². The number of nitrogens with one attached hydrogen (secondary N) is 2. The standard InChI is InChI=1S/C23H23N5OS/c1-17-4-10-20(11-5-17)22(21-3-2-12-30-21)27-23(29)25-13-18-6-8-19(9-7-18)14-28-16-24-15-26-28/h2-12,15-16,22H,13-14H2,1H3,(H2,25,27,29).